The lowest BCUT2D eigenvalue weighted by atomic mass is 10.2. The minimum absolute atomic E-state index is 0.00620. The molecule has 0 spiro atoms. The molecule has 0 aliphatic carbocycles. The fourth-order valence-electron chi connectivity index (χ4n) is 2.12. The number of methoxy groups -OCH3 is 1. The number of nitro benzene ring substituents is 1. The Kier molecular flexibility index (Phi) is 6.19. The Morgan fingerprint density at radius 1 is 1.30 bits per heavy atom. The van der Waals surface area contributed by atoms with E-state index in [-0.39, 0.29) is 33.4 Å². The number of benzene rings is 2. The number of nitrogens with zero attached hydrogens (tertiary/aromatic N) is 1. The molecule has 0 heterocycles. The van der Waals surface area contributed by atoms with Crippen molar-refractivity contribution >= 4 is 40.5 Å². The fraction of sp³-hybridized carbons (Fsp3) is 0.176. The third kappa shape index (κ3) is 4.85. The van der Waals surface area contributed by atoms with E-state index >= 15 is 0 Å². The number of carbonyl (C=O) groups is 2. The summed E-state index contributed by atoms with van der Waals surface area (Å²) in [6.45, 7) is 1.36. The van der Waals surface area contributed by atoms with E-state index in [1.807, 2.05) is 0 Å². The first-order chi connectivity index (χ1) is 12.7. The summed E-state index contributed by atoms with van der Waals surface area (Å²) < 4.78 is 10.2. The maximum atomic E-state index is 12.3. The van der Waals surface area contributed by atoms with Crippen LogP contribution < -0.4 is 15.8 Å². The lowest BCUT2D eigenvalue weighted by molar-refractivity contribution is -0.384. The summed E-state index contributed by atoms with van der Waals surface area (Å²) in [5.74, 6) is -1.35. The van der Waals surface area contributed by atoms with Crippen LogP contribution in [-0.2, 0) is 9.53 Å². The summed E-state index contributed by atoms with van der Waals surface area (Å²) in [4.78, 5) is 34.7. The maximum Gasteiger partial charge on any atom is 0.342 e. The van der Waals surface area contributed by atoms with Crippen LogP contribution in [0, 0.1) is 10.1 Å². The van der Waals surface area contributed by atoms with Gasteiger partial charge in [-0.3, -0.25) is 14.9 Å². The molecule has 1 unspecified atom stereocenters. The molecule has 2 rings (SSSR count). The molecule has 1 atom stereocenters. The van der Waals surface area contributed by atoms with Crippen molar-refractivity contribution in [3.8, 4) is 5.75 Å². The first kappa shape index (κ1) is 20.0. The van der Waals surface area contributed by atoms with E-state index in [1.165, 1.54) is 50.4 Å². The monoisotopic (exact) mass is 393 g/mol. The Labute approximate surface area is 159 Å². The average Bonchev–Trinajstić information content (AvgIpc) is 2.63. The molecule has 2 aromatic carbocycles. The van der Waals surface area contributed by atoms with E-state index < -0.39 is 22.9 Å². The van der Waals surface area contributed by atoms with E-state index in [2.05, 4.69) is 5.32 Å². The van der Waals surface area contributed by atoms with Gasteiger partial charge in [-0.25, -0.2) is 4.79 Å². The number of hydrogen-bond acceptors (Lipinski definition) is 7. The zero-order valence-electron chi connectivity index (χ0n) is 14.4. The molecule has 0 saturated heterocycles. The quantitative estimate of drug-likeness (QED) is 0.333. The Bertz CT molecular complexity index is 902. The van der Waals surface area contributed by atoms with Crippen LogP contribution in [0.4, 0.5) is 17.1 Å². The van der Waals surface area contributed by atoms with Gasteiger partial charge in [-0.05, 0) is 19.1 Å². The van der Waals surface area contributed by atoms with Crippen LogP contribution in [0.5, 0.6) is 5.75 Å². The van der Waals surface area contributed by atoms with Gasteiger partial charge < -0.3 is 20.5 Å². The zero-order chi connectivity index (χ0) is 20.1. The SMILES string of the molecule is COc1cc(N)c(Cl)cc1C(=O)OC(C)C(=O)Nc1cccc([N+](=O)[O-])c1. The number of non-ortho nitro benzene ring substituents is 1. The summed E-state index contributed by atoms with van der Waals surface area (Å²) in [7, 11) is 1.35. The second kappa shape index (κ2) is 8.37. The molecule has 27 heavy (non-hydrogen) atoms. The third-order valence-corrected chi connectivity index (χ3v) is 3.84. The van der Waals surface area contributed by atoms with Gasteiger partial charge in [0.15, 0.2) is 6.10 Å². The highest BCUT2D eigenvalue weighted by molar-refractivity contribution is 6.33. The van der Waals surface area contributed by atoms with Gasteiger partial charge in [-0.1, -0.05) is 17.7 Å². The number of nitro groups is 1. The van der Waals surface area contributed by atoms with Gasteiger partial charge in [0, 0.05) is 23.9 Å². The molecule has 2 aromatic rings. The predicted molar refractivity (Wildman–Crippen MR) is 99.0 cm³/mol. The van der Waals surface area contributed by atoms with Gasteiger partial charge in [-0.2, -0.15) is 0 Å². The number of nitrogens with one attached hydrogen (secondary N) is 1. The predicted octanol–water partition coefficient (Wildman–Crippen LogP) is 3.02. The molecular formula is C17H16ClN3O6. The molecule has 0 aliphatic heterocycles. The molecule has 0 radical (unpaired) electrons. The van der Waals surface area contributed by atoms with Crippen LogP contribution in [0.2, 0.25) is 5.02 Å². The molecule has 1 amide bonds. The molecule has 0 fully saturated rings. The van der Waals surface area contributed by atoms with Crippen LogP contribution in [-0.4, -0.2) is 30.0 Å². The molecule has 0 aromatic heterocycles. The van der Waals surface area contributed by atoms with Gasteiger partial charge >= 0.3 is 5.97 Å². The number of nitrogens with two attached hydrogens (primary N) is 1. The van der Waals surface area contributed by atoms with Crippen molar-refractivity contribution in [2.24, 2.45) is 0 Å². The van der Waals surface area contributed by atoms with Gasteiger partial charge in [0.25, 0.3) is 11.6 Å². The highest BCUT2D eigenvalue weighted by atomic mass is 35.5. The Hall–Kier alpha value is -3.33. The molecule has 142 valence electrons. The van der Waals surface area contributed by atoms with Crippen molar-refractivity contribution in [1.82, 2.24) is 0 Å². The molecule has 10 heteroatoms. The van der Waals surface area contributed by atoms with Crippen molar-refractivity contribution in [2.75, 3.05) is 18.2 Å². The summed E-state index contributed by atoms with van der Waals surface area (Å²) >= 11 is 5.91. The van der Waals surface area contributed by atoms with Crippen LogP contribution >= 0.6 is 11.6 Å². The average molecular weight is 394 g/mol. The topological polar surface area (TPSA) is 134 Å². The summed E-state index contributed by atoms with van der Waals surface area (Å²) in [5, 5.41) is 13.4. The van der Waals surface area contributed by atoms with E-state index in [9.17, 15) is 19.7 Å². The fourth-order valence-corrected chi connectivity index (χ4v) is 2.28. The summed E-state index contributed by atoms with van der Waals surface area (Å²) in [5.41, 5.74) is 5.91. The standard InChI is InChI=1S/C17H16ClN3O6/c1-9(16(22)20-10-4-3-5-11(6-10)21(24)25)27-17(23)12-7-13(18)14(19)8-15(12)26-2/h3-9H,19H2,1-2H3,(H,20,22). The van der Waals surface area contributed by atoms with Crippen LogP contribution in [0.15, 0.2) is 36.4 Å². The lowest BCUT2D eigenvalue weighted by Gasteiger charge is -2.15. The van der Waals surface area contributed by atoms with Crippen molar-refractivity contribution < 1.29 is 24.0 Å². The third-order valence-electron chi connectivity index (χ3n) is 3.52. The normalized spacial score (nSPS) is 11.4. The molecule has 9 nitrogen and oxygen atoms in total. The number of rotatable bonds is 6. The van der Waals surface area contributed by atoms with Gasteiger partial charge in [0.05, 0.1) is 22.7 Å². The molecule has 0 aliphatic rings. The minimum atomic E-state index is -1.18. The van der Waals surface area contributed by atoms with Gasteiger partial charge in [0.2, 0.25) is 0 Å². The number of carbonyl (C=O) groups excluding carboxylic acids is 2. The zero-order valence-corrected chi connectivity index (χ0v) is 15.1. The van der Waals surface area contributed by atoms with Crippen molar-refractivity contribution in [3.05, 3.63) is 57.1 Å². The minimum Gasteiger partial charge on any atom is -0.496 e. The van der Waals surface area contributed by atoms with E-state index in [0.29, 0.717) is 0 Å². The number of nitrogen functional groups attached to an aromatic ring is 1. The number of hydrogen-bond donors (Lipinski definition) is 2. The van der Waals surface area contributed by atoms with Crippen molar-refractivity contribution in [2.45, 2.75) is 13.0 Å². The lowest BCUT2D eigenvalue weighted by Crippen LogP contribution is -2.30. The van der Waals surface area contributed by atoms with E-state index in [4.69, 9.17) is 26.8 Å². The molecule has 0 saturated carbocycles. The number of ether oxygens (including phenoxy) is 2. The van der Waals surface area contributed by atoms with E-state index in [0.717, 1.165) is 0 Å². The van der Waals surface area contributed by atoms with Crippen LogP contribution in [0.3, 0.4) is 0 Å². The highest BCUT2D eigenvalue weighted by Gasteiger charge is 2.23. The summed E-state index contributed by atoms with van der Waals surface area (Å²) in [6, 6.07) is 8.02. The highest BCUT2D eigenvalue weighted by Crippen LogP contribution is 2.29. The first-order valence-electron chi connectivity index (χ1n) is 7.62. The van der Waals surface area contributed by atoms with E-state index in [1.54, 1.807) is 0 Å². The Balaban J connectivity index is 2.10. The van der Waals surface area contributed by atoms with Gasteiger partial charge in [-0.15, -0.1) is 0 Å². The van der Waals surface area contributed by atoms with Gasteiger partial charge in [0.1, 0.15) is 11.3 Å². The summed E-state index contributed by atoms with van der Waals surface area (Å²) in [6.07, 6.45) is -1.18. The van der Waals surface area contributed by atoms with Crippen molar-refractivity contribution in [1.29, 1.82) is 0 Å². The van der Waals surface area contributed by atoms with Crippen molar-refractivity contribution in [3.63, 3.8) is 0 Å². The smallest absolute Gasteiger partial charge is 0.342 e. The van der Waals surface area contributed by atoms with Crippen LogP contribution in [0.25, 0.3) is 0 Å². The Morgan fingerprint density at radius 2 is 2.00 bits per heavy atom. The number of halogens is 1. The second-order valence-corrected chi connectivity index (χ2v) is 5.83. The largest absolute Gasteiger partial charge is 0.496 e. The molecule has 0 bridgehead atoms. The maximum absolute atomic E-state index is 12.3. The number of anilines is 2. The van der Waals surface area contributed by atoms with Crippen LogP contribution in [0.1, 0.15) is 17.3 Å². The first-order valence-corrected chi connectivity index (χ1v) is 8.00. The number of amides is 1. The molecule has 3 N–H and O–H groups in total. The Morgan fingerprint density at radius 3 is 2.63 bits per heavy atom. The number of esters is 1. The second-order valence-electron chi connectivity index (χ2n) is 5.42. The molecular weight excluding hydrogens is 378 g/mol.